The van der Waals surface area contributed by atoms with E-state index in [1.165, 1.54) is 0 Å². The molecule has 0 saturated carbocycles. The van der Waals surface area contributed by atoms with Crippen LogP contribution in [0.15, 0.2) is 28.7 Å². The number of oxazole rings is 1. The molecule has 0 aliphatic rings. The first-order valence-corrected chi connectivity index (χ1v) is 4.68. The molecule has 0 radical (unpaired) electrons. The molecule has 0 saturated heterocycles. The summed E-state index contributed by atoms with van der Waals surface area (Å²) in [6, 6.07) is 8.32. The second-order valence-electron chi connectivity index (χ2n) is 4.36. The number of nitrogens with one attached hydrogen (secondary N) is 1. The summed E-state index contributed by atoms with van der Waals surface area (Å²) in [5, 5.41) is 3.19. The Morgan fingerprint density at radius 2 is 1.93 bits per heavy atom. The number of fused-ring (bicyclic) bond motifs is 1. The van der Waals surface area contributed by atoms with Crippen molar-refractivity contribution >= 4 is 17.1 Å². The fourth-order valence-electron chi connectivity index (χ4n) is 1.25. The molecule has 2 rings (SSSR count). The second-order valence-corrected chi connectivity index (χ2v) is 4.36. The van der Waals surface area contributed by atoms with Crippen LogP contribution in [0.5, 0.6) is 0 Å². The van der Waals surface area contributed by atoms with Crippen LogP contribution in [0.1, 0.15) is 20.8 Å². The van der Waals surface area contributed by atoms with E-state index in [0.29, 0.717) is 6.01 Å². The summed E-state index contributed by atoms with van der Waals surface area (Å²) in [4.78, 5) is 4.32. The van der Waals surface area contributed by atoms with Gasteiger partial charge in [0.1, 0.15) is 5.52 Å². The van der Waals surface area contributed by atoms with Crippen molar-refractivity contribution < 1.29 is 4.42 Å². The molecule has 0 amide bonds. The van der Waals surface area contributed by atoms with Gasteiger partial charge in [0, 0.05) is 5.54 Å². The number of aromatic nitrogens is 1. The third kappa shape index (κ3) is 1.87. The van der Waals surface area contributed by atoms with Crippen molar-refractivity contribution in [3.8, 4) is 0 Å². The first-order chi connectivity index (χ1) is 6.54. The Balaban J connectivity index is 2.36. The van der Waals surface area contributed by atoms with E-state index in [0.717, 1.165) is 11.1 Å². The SMILES string of the molecule is CC(C)(C)Nc1nc2ccccc2o1. The van der Waals surface area contributed by atoms with Gasteiger partial charge in [-0.1, -0.05) is 12.1 Å². The van der Waals surface area contributed by atoms with Crippen LogP contribution in [-0.4, -0.2) is 10.5 Å². The van der Waals surface area contributed by atoms with Crippen LogP contribution in [-0.2, 0) is 0 Å². The molecular formula is C11H14N2O. The van der Waals surface area contributed by atoms with Gasteiger partial charge in [-0.2, -0.15) is 4.98 Å². The van der Waals surface area contributed by atoms with Crippen LogP contribution in [0.2, 0.25) is 0 Å². The van der Waals surface area contributed by atoms with Crippen molar-refractivity contribution in [3.63, 3.8) is 0 Å². The molecule has 74 valence electrons. The lowest BCUT2D eigenvalue weighted by Crippen LogP contribution is -2.26. The minimum atomic E-state index is -0.0269. The Morgan fingerprint density at radius 1 is 1.21 bits per heavy atom. The summed E-state index contributed by atoms with van der Waals surface area (Å²) in [5.74, 6) is 0. The molecule has 1 aromatic carbocycles. The zero-order valence-corrected chi connectivity index (χ0v) is 8.66. The predicted octanol–water partition coefficient (Wildman–Crippen LogP) is 3.04. The highest BCUT2D eigenvalue weighted by atomic mass is 16.4. The minimum absolute atomic E-state index is 0.0269. The lowest BCUT2D eigenvalue weighted by molar-refractivity contribution is 0.555. The standard InChI is InChI=1S/C11H14N2O/c1-11(2,3)13-10-12-8-6-4-5-7-9(8)14-10/h4-7H,1-3H3,(H,12,13). The molecule has 0 spiro atoms. The van der Waals surface area contributed by atoms with E-state index in [2.05, 4.69) is 31.1 Å². The van der Waals surface area contributed by atoms with Crippen molar-refractivity contribution in [2.45, 2.75) is 26.3 Å². The van der Waals surface area contributed by atoms with Crippen LogP contribution in [0.3, 0.4) is 0 Å². The second kappa shape index (κ2) is 3.01. The topological polar surface area (TPSA) is 38.1 Å². The fraction of sp³-hybridized carbons (Fsp3) is 0.364. The molecule has 2 aromatic rings. The summed E-state index contributed by atoms with van der Waals surface area (Å²) in [7, 11) is 0. The molecular weight excluding hydrogens is 176 g/mol. The molecule has 1 aromatic heterocycles. The average Bonchev–Trinajstić information content (AvgIpc) is 2.42. The molecule has 14 heavy (non-hydrogen) atoms. The van der Waals surface area contributed by atoms with E-state index in [1.54, 1.807) is 0 Å². The molecule has 0 bridgehead atoms. The lowest BCUT2D eigenvalue weighted by atomic mass is 10.1. The first-order valence-electron chi connectivity index (χ1n) is 4.68. The molecule has 3 heteroatoms. The van der Waals surface area contributed by atoms with Crippen molar-refractivity contribution in [2.24, 2.45) is 0 Å². The van der Waals surface area contributed by atoms with Gasteiger partial charge in [0.2, 0.25) is 0 Å². The Kier molecular flexibility index (Phi) is 1.95. The summed E-state index contributed by atoms with van der Waals surface area (Å²) in [6.07, 6.45) is 0. The molecule has 0 fully saturated rings. The summed E-state index contributed by atoms with van der Waals surface area (Å²) < 4.78 is 5.52. The van der Waals surface area contributed by atoms with Gasteiger partial charge in [0.05, 0.1) is 0 Å². The number of hydrogen-bond donors (Lipinski definition) is 1. The Hall–Kier alpha value is -1.51. The van der Waals surface area contributed by atoms with Gasteiger partial charge in [-0.15, -0.1) is 0 Å². The normalized spacial score (nSPS) is 11.9. The Morgan fingerprint density at radius 3 is 2.57 bits per heavy atom. The third-order valence-corrected chi connectivity index (χ3v) is 1.78. The van der Waals surface area contributed by atoms with Crippen molar-refractivity contribution in [1.29, 1.82) is 0 Å². The fourth-order valence-corrected chi connectivity index (χ4v) is 1.25. The van der Waals surface area contributed by atoms with Crippen molar-refractivity contribution in [1.82, 2.24) is 4.98 Å². The molecule has 0 aliphatic heterocycles. The van der Waals surface area contributed by atoms with E-state index in [9.17, 15) is 0 Å². The van der Waals surface area contributed by atoms with Gasteiger partial charge in [-0.3, -0.25) is 0 Å². The number of para-hydroxylation sites is 2. The summed E-state index contributed by atoms with van der Waals surface area (Å²) >= 11 is 0. The quantitative estimate of drug-likeness (QED) is 0.751. The molecule has 0 atom stereocenters. The largest absolute Gasteiger partial charge is 0.424 e. The molecule has 0 unspecified atom stereocenters. The van der Waals surface area contributed by atoms with E-state index in [4.69, 9.17) is 4.42 Å². The van der Waals surface area contributed by atoms with Gasteiger partial charge in [-0.05, 0) is 32.9 Å². The lowest BCUT2D eigenvalue weighted by Gasteiger charge is -2.18. The number of benzene rings is 1. The maximum Gasteiger partial charge on any atom is 0.296 e. The monoisotopic (exact) mass is 190 g/mol. The molecule has 1 heterocycles. The smallest absolute Gasteiger partial charge is 0.296 e. The Bertz CT molecular complexity index is 407. The first kappa shape index (κ1) is 9.06. The highest BCUT2D eigenvalue weighted by Crippen LogP contribution is 2.20. The molecule has 3 nitrogen and oxygen atoms in total. The number of anilines is 1. The zero-order valence-electron chi connectivity index (χ0n) is 8.66. The van der Waals surface area contributed by atoms with Crippen LogP contribution >= 0.6 is 0 Å². The van der Waals surface area contributed by atoms with Crippen LogP contribution in [0.25, 0.3) is 11.1 Å². The van der Waals surface area contributed by atoms with Crippen molar-refractivity contribution in [3.05, 3.63) is 24.3 Å². The van der Waals surface area contributed by atoms with Gasteiger partial charge in [0.25, 0.3) is 6.01 Å². The van der Waals surface area contributed by atoms with E-state index in [1.807, 2.05) is 24.3 Å². The van der Waals surface area contributed by atoms with Gasteiger partial charge in [0.15, 0.2) is 5.58 Å². The van der Waals surface area contributed by atoms with Crippen LogP contribution in [0, 0.1) is 0 Å². The highest BCUT2D eigenvalue weighted by Gasteiger charge is 2.13. The van der Waals surface area contributed by atoms with Crippen LogP contribution in [0.4, 0.5) is 6.01 Å². The zero-order chi connectivity index (χ0) is 10.2. The van der Waals surface area contributed by atoms with Crippen LogP contribution < -0.4 is 5.32 Å². The summed E-state index contributed by atoms with van der Waals surface area (Å²) in [5.41, 5.74) is 1.68. The van der Waals surface area contributed by atoms with E-state index < -0.39 is 0 Å². The number of hydrogen-bond acceptors (Lipinski definition) is 3. The molecule has 1 N–H and O–H groups in total. The van der Waals surface area contributed by atoms with Crippen molar-refractivity contribution in [2.75, 3.05) is 5.32 Å². The van der Waals surface area contributed by atoms with Gasteiger partial charge < -0.3 is 9.73 Å². The predicted molar refractivity (Wildman–Crippen MR) is 57.4 cm³/mol. The van der Waals surface area contributed by atoms with E-state index in [-0.39, 0.29) is 5.54 Å². The third-order valence-electron chi connectivity index (χ3n) is 1.78. The molecule has 0 aliphatic carbocycles. The summed E-state index contributed by atoms with van der Waals surface area (Å²) in [6.45, 7) is 6.21. The van der Waals surface area contributed by atoms with E-state index >= 15 is 0 Å². The van der Waals surface area contributed by atoms with Gasteiger partial charge in [-0.25, -0.2) is 0 Å². The number of nitrogens with zero attached hydrogens (tertiary/aromatic N) is 1. The Labute approximate surface area is 83.1 Å². The maximum absolute atomic E-state index is 5.52. The minimum Gasteiger partial charge on any atom is -0.424 e. The average molecular weight is 190 g/mol. The highest BCUT2D eigenvalue weighted by molar-refractivity contribution is 5.74. The maximum atomic E-state index is 5.52. The number of rotatable bonds is 1. The van der Waals surface area contributed by atoms with Gasteiger partial charge >= 0.3 is 0 Å².